The highest BCUT2D eigenvalue weighted by molar-refractivity contribution is 5.96. The molecular weight excluding hydrogens is 344 g/mol. The number of rotatable bonds is 7. The van der Waals surface area contributed by atoms with Gasteiger partial charge in [0.1, 0.15) is 18.0 Å². The maximum absolute atomic E-state index is 12.4. The van der Waals surface area contributed by atoms with Gasteiger partial charge in [-0.05, 0) is 30.7 Å². The lowest BCUT2D eigenvalue weighted by atomic mass is 10.2. The molecule has 0 bridgehead atoms. The van der Waals surface area contributed by atoms with E-state index < -0.39 is 0 Å². The highest BCUT2D eigenvalue weighted by atomic mass is 16.5. The number of aryl methyl sites for hydroxylation is 1. The largest absolute Gasteiger partial charge is 0.486 e. The molecule has 0 saturated heterocycles. The van der Waals surface area contributed by atoms with Crippen LogP contribution < -0.4 is 15.4 Å². The number of amides is 2. The normalized spacial score (nSPS) is 10.6. The van der Waals surface area contributed by atoms with Crippen molar-refractivity contribution in [2.24, 2.45) is 0 Å². The first-order valence-corrected chi connectivity index (χ1v) is 8.72. The summed E-state index contributed by atoms with van der Waals surface area (Å²) in [5.41, 5.74) is 3.20. The molecule has 2 N–H and O–H groups in total. The molecule has 7 heteroatoms. The SMILES string of the molecule is CC(=O)NCCNC(=O)c1ccccc1OCc1cn2cccc(C)c2n1. The predicted octanol–water partition coefficient (Wildman–Crippen LogP) is 2.09. The van der Waals surface area contributed by atoms with E-state index in [1.807, 2.05) is 41.9 Å². The molecule has 140 valence electrons. The summed E-state index contributed by atoms with van der Waals surface area (Å²) in [4.78, 5) is 27.8. The van der Waals surface area contributed by atoms with Crippen LogP contribution in [0.5, 0.6) is 5.75 Å². The van der Waals surface area contributed by atoms with Crippen LogP contribution in [-0.4, -0.2) is 34.3 Å². The predicted molar refractivity (Wildman–Crippen MR) is 102 cm³/mol. The molecule has 0 radical (unpaired) electrons. The van der Waals surface area contributed by atoms with Gasteiger partial charge in [-0.25, -0.2) is 4.98 Å². The zero-order valence-corrected chi connectivity index (χ0v) is 15.4. The smallest absolute Gasteiger partial charge is 0.255 e. The first-order valence-electron chi connectivity index (χ1n) is 8.72. The van der Waals surface area contributed by atoms with Gasteiger partial charge in [-0.3, -0.25) is 9.59 Å². The van der Waals surface area contributed by atoms with Crippen molar-refractivity contribution in [3.63, 3.8) is 0 Å². The molecule has 1 aromatic carbocycles. The van der Waals surface area contributed by atoms with Crippen LogP contribution in [0.2, 0.25) is 0 Å². The molecule has 2 amide bonds. The number of benzene rings is 1. The van der Waals surface area contributed by atoms with Crippen molar-refractivity contribution in [1.29, 1.82) is 0 Å². The van der Waals surface area contributed by atoms with E-state index >= 15 is 0 Å². The molecular formula is C20H22N4O3. The Morgan fingerprint density at radius 2 is 1.89 bits per heavy atom. The van der Waals surface area contributed by atoms with E-state index in [-0.39, 0.29) is 18.4 Å². The molecule has 2 aromatic heterocycles. The van der Waals surface area contributed by atoms with Crippen molar-refractivity contribution in [2.75, 3.05) is 13.1 Å². The fourth-order valence-electron chi connectivity index (χ4n) is 2.72. The average Bonchev–Trinajstić information content (AvgIpc) is 3.08. The summed E-state index contributed by atoms with van der Waals surface area (Å²) < 4.78 is 7.80. The van der Waals surface area contributed by atoms with E-state index in [1.54, 1.807) is 18.2 Å². The standard InChI is InChI=1S/C20H22N4O3/c1-14-6-5-11-24-12-16(23-19(14)24)13-27-18-8-4-3-7-17(18)20(26)22-10-9-21-15(2)25/h3-8,11-12H,9-10,13H2,1-2H3,(H,21,25)(H,22,26). The Morgan fingerprint density at radius 1 is 1.11 bits per heavy atom. The van der Waals surface area contributed by atoms with Gasteiger partial charge >= 0.3 is 0 Å². The Hall–Kier alpha value is -3.35. The first kappa shape index (κ1) is 18.4. The van der Waals surface area contributed by atoms with Gasteiger partial charge in [0.2, 0.25) is 5.91 Å². The number of fused-ring (bicyclic) bond motifs is 1. The number of hydrogen-bond acceptors (Lipinski definition) is 4. The molecule has 0 unspecified atom stereocenters. The fourth-order valence-corrected chi connectivity index (χ4v) is 2.72. The minimum absolute atomic E-state index is 0.129. The second-order valence-electron chi connectivity index (χ2n) is 6.18. The lowest BCUT2D eigenvalue weighted by Gasteiger charge is -2.11. The van der Waals surface area contributed by atoms with Crippen LogP contribution >= 0.6 is 0 Å². The number of hydrogen-bond donors (Lipinski definition) is 2. The molecule has 27 heavy (non-hydrogen) atoms. The van der Waals surface area contributed by atoms with Crippen molar-refractivity contribution in [3.05, 3.63) is 65.6 Å². The second-order valence-corrected chi connectivity index (χ2v) is 6.18. The molecule has 0 fully saturated rings. The molecule has 7 nitrogen and oxygen atoms in total. The molecule has 3 rings (SSSR count). The zero-order valence-electron chi connectivity index (χ0n) is 15.4. The third-order valence-corrected chi connectivity index (χ3v) is 4.02. The number of para-hydroxylation sites is 1. The Morgan fingerprint density at radius 3 is 2.67 bits per heavy atom. The number of carbonyl (C=O) groups is 2. The summed E-state index contributed by atoms with van der Waals surface area (Å²) in [6.07, 6.45) is 3.85. The number of aromatic nitrogens is 2. The van der Waals surface area contributed by atoms with Gasteiger partial charge in [0.25, 0.3) is 5.91 Å². The number of imidazole rings is 1. The third-order valence-electron chi connectivity index (χ3n) is 4.02. The Bertz CT molecular complexity index is 965. The minimum atomic E-state index is -0.248. The van der Waals surface area contributed by atoms with E-state index in [4.69, 9.17) is 4.74 Å². The van der Waals surface area contributed by atoms with Gasteiger partial charge in [0.05, 0.1) is 11.3 Å². The molecule has 0 spiro atoms. The van der Waals surface area contributed by atoms with Crippen molar-refractivity contribution < 1.29 is 14.3 Å². The van der Waals surface area contributed by atoms with E-state index in [2.05, 4.69) is 15.6 Å². The van der Waals surface area contributed by atoms with Crippen molar-refractivity contribution >= 4 is 17.5 Å². The van der Waals surface area contributed by atoms with Gasteiger partial charge < -0.3 is 19.8 Å². The summed E-state index contributed by atoms with van der Waals surface area (Å²) in [5, 5.41) is 5.40. The van der Waals surface area contributed by atoms with Crippen molar-refractivity contribution in [1.82, 2.24) is 20.0 Å². The molecule has 2 heterocycles. The third kappa shape index (κ3) is 4.63. The topological polar surface area (TPSA) is 84.7 Å². The van der Waals surface area contributed by atoms with Crippen LogP contribution in [0.3, 0.4) is 0 Å². The molecule has 0 saturated carbocycles. The van der Waals surface area contributed by atoms with E-state index in [1.165, 1.54) is 6.92 Å². The van der Waals surface area contributed by atoms with Crippen LogP contribution in [0, 0.1) is 6.92 Å². The van der Waals surface area contributed by atoms with Crippen molar-refractivity contribution in [3.8, 4) is 5.75 Å². The van der Waals surface area contributed by atoms with Crippen molar-refractivity contribution in [2.45, 2.75) is 20.5 Å². The fraction of sp³-hybridized carbons (Fsp3) is 0.250. The quantitative estimate of drug-likeness (QED) is 0.627. The lowest BCUT2D eigenvalue weighted by molar-refractivity contribution is -0.118. The second kappa shape index (κ2) is 8.35. The summed E-state index contributed by atoms with van der Waals surface area (Å²) in [5.74, 6) is 0.112. The number of carbonyl (C=O) groups excluding carboxylic acids is 2. The van der Waals surface area contributed by atoms with Crippen LogP contribution in [0.25, 0.3) is 5.65 Å². The van der Waals surface area contributed by atoms with E-state index in [0.717, 1.165) is 16.9 Å². The Kier molecular flexibility index (Phi) is 5.71. The first-order chi connectivity index (χ1) is 13.0. The van der Waals surface area contributed by atoms with Crippen LogP contribution in [0.15, 0.2) is 48.8 Å². The molecule has 0 aliphatic carbocycles. The van der Waals surface area contributed by atoms with Gasteiger partial charge in [-0.2, -0.15) is 0 Å². The highest BCUT2D eigenvalue weighted by Crippen LogP contribution is 2.19. The monoisotopic (exact) mass is 366 g/mol. The van der Waals surface area contributed by atoms with Crippen LogP contribution in [-0.2, 0) is 11.4 Å². The van der Waals surface area contributed by atoms with Gasteiger partial charge in [0, 0.05) is 32.4 Å². The van der Waals surface area contributed by atoms with Gasteiger partial charge in [0.15, 0.2) is 0 Å². The zero-order chi connectivity index (χ0) is 19.2. The summed E-state index contributed by atoms with van der Waals surface area (Å²) in [6, 6.07) is 11.0. The number of ether oxygens (including phenoxy) is 1. The molecule has 0 atom stereocenters. The molecule has 3 aromatic rings. The molecule has 0 aliphatic rings. The Labute approximate surface area is 157 Å². The highest BCUT2D eigenvalue weighted by Gasteiger charge is 2.12. The Balaban J connectivity index is 1.65. The maximum atomic E-state index is 12.4. The summed E-state index contributed by atoms with van der Waals surface area (Å²) in [6.45, 7) is 4.43. The summed E-state index contributed by atoms with van der Waals surface area (Å²) in [7, 11) is 0. The number of nitrogens with zero attached hydrogens (tertiary/aromatic N) is 2. The number of pyridine rings is 1. The van der Waals surface area contributed by atoms with E-state index in [0.29, 0.717) is 24.4 Å². The minimum Gasteiger partial charge on any atom is -0.486 e. The van der Waals surface area contributed by atoms with Crippen LogP contribution in [0.1, 0.15) is 28.5 Å². The van der Waals surface area contributed by atoms with Gasteiger partial charge in [-0.15, -0.1) is 0 Å². The maximum Gasteiger partial charge on any atom is 0.255 e. The van der Waals surface area contributed by atoms with Gasteiger partial charge in [-0.1, -0.05) is 18.2 Å². The average molecular weight is 366 g/mol. The molecule has 0 aliphatic heterocycles. The van der Waals surface area contributed by atoms with Crippen LogP contribution in [0.4, 0.5) is 0 Å². The number of nitrogens with one attached hydrogen (secondary N) is 2. The summed E-state index contributed by atoms with van der Waals surface area (Å²) >= 11 is 0. The lowest BCUT2D eigenvalue weighted by Crippen LogP contribution is -2.33. The van der Waals surface area contributed by atoms with E-state index in [9.17, 15) is 9.59 Å².